The molecule has 1 heterocycles. The zero-order valence-electron chi connectivity index (χ0n) is 16.7. The van der Waals surface area contributed by atoms with Crippen LogP contribution in [0.4, 0.5) is 0 Å². The van der Waals surface area contributed by atoms with E-state index < -0.39 is 0 Å². The predicted octanol–water partition coefficient (Wildman–Crippen LogP) is 4.14. The fraction of sp³-hybridized carbons (Fsp3) is 0.619. The first-order valence-corrected chi connectivity index (χ1v) is 11.9. The van der Waals surface area contributed by atoms with Crippen LogP contribution < -0.4 is 0 Å². The van der Waals surface area contributed by atoms with Crippen molar-refractivity contribution >= 4 is 32.9 Å². The Morgan fingerprint density at radius 3 is 2.54 bits per heavy atom. The van der Waals surface area contributed by atoms with Crippen LogP contribution in [0.15, 0.2) is 33.7 Å². The first-order valence-electron chi connectivity index (χ1n) is 9.89. The Morgan fingerprint density at radius 2 is 1.96 bits per heavy atom. The van der Waals surface area contributed by atoms with Gasteiger partial charge in [0.1, 0.15) is 0 Å². The molecule has 0 radical (unpaired) electrons. The molecule has 3 rings (SSSR count). The number of nitrogens with zero attached hydrogens (tertiary/aromatic N) is 4. The molecule has 1 saturated carbocycles. The number of thioether (sulfide) groups is 1. The lowest BCUT2D eigenvalue weighted by Gasteiger charge is -2.45. The van der Waals surface area contributed by atoms with Crippen molar-refractivity contribution in [2.24, 2.45) is 4.99 Å². The minimum atomic E-state index is -0.0479. The summed E-state index contributed by atoms with van der Waals surface area (Å²) in [7, 11) is 1.87. The molecule has 0 atom stereocenters. The third-order valence-electron chi connectivity index (χ3n) is 6.20. The molecule has 1 aromatic rings. The van der Waals surface area contributed by atoms with Gasteiger partial charge in [-0.05, 0) is 43.6 Å². The van der Waals surface area contributed by atoms with Crippen LogP contribution in [-0.2, 0) is 11.2 Å². The number of aliphatic imine (C=N–C) groups is 1. The van der Waals surface area contributed by atoms with E-state index in [0.717, 1.165) is 50.6 Å². The van der Waals surface area contributed by atoms with E-state index in [1.165, 1.54) is 22.9 Å². The maximum Gasteiger partial charge on any atom is 0.208 e. The second-order valence-electron chi connectivity index (χ2n) is 7.61. The summed E-state index contributed by atoms with van der Waals surface area (Å²) in [5.74, 6) is 0. The molecule has 1 aliphatic heterocycles. The number of amidine groups is 1. The first kappa shape index (κ1) is 21.6. The van der Waals surface area contributed by atoms with E-state index >= 15 is 0 Å². The van der Waals surface area contributed by atoms with Gasteiger partial charge in [0.25, 0.3) is 0 Å². The molecule has 1 aliphatic carbocycles. The summed E-state index contributed by atoms with van der Waals surface area (Å²) in [6.07, 6.45) is 9.43. The lowest BCUT2D eigenvalue weighted by molar-refractivity contribution is -0.0576. The third-order valence-corrected chi connectivity index (χ3v) is 7.69. The van der Waals surface area contributed by atoms with Crippen molar-refractivity contribution in [2.75, 3.05) is 39.5 Å². The number of nitriles is 1. The predicted molar refractivity (Wildman–Crippen MR) is 120 cm³/mol. The molecule has 5 nitrogen and oxygen atoms in total. The fourth-order valence-electron chi connectivity index (χ4n) is 4.50. The van der Waals surface area contributed by atoms with Crippen LogP contribution in [0.5, 0.6) is 0 Å². The van der Waals surface area contributed by atoms with Gasteiger partial charge in [0.15, 0.2) is 5.17 Å². The van der Waals surface area contributed by atoms with Gasteiger partial charge in [0.05, 0.1) is 5.60 Å². The van der Waals surface area contributed by atoms with Gasteiger partial charge in [-0.3, -0.25) is 4.90 Å². The van der Waals surface area contributed by atoms with Crippen LogP contribution in [0.2, 0.25) is 0 Å². The van der Waals surface area contributed by atoms with E-state index in [1.54, 1.807) is 11.8 Å². The molecule has 0 N–H and O–H groups in total. The second-order valence-corrected chi connectivity index (χ2v) is 9.24. The fourth-order valence-corrected chi connectivity index (χ4v) is 5.50. The van der Waals surface area contributed by atoms with Gasteiger partial charge in [0, 0.05) is 50.2 Å². The van der Waals surface area contributed by atoms with Gasteiger partial charge in [-0.25, -0.2) is 0 Å². The molecule has 2 fully saturated rings. The zero-order chi connectivity index (χ0) is 20.0. The summed E-state index contributed by atoms with van der Waals surface area (Å²) in [4.78, 5) is 8.81. The molecule has 7 heteroatoms. The molecular weight excluding hydrogens is 436 g/mol. The maximum atomic E-state index is 8.85. The van der Waals surface area contributed by atoms with Crippen molar-refractivity contribution in [2.45, 2.75) is 43.7 Å². The molecule has 1 saturated heterocycles. The van der Waals surface area contributed by atoms with E-state index in [-0.39, 0.29) is 5.60 Å². The topological polar surface area (TPSA) is 51.9 Å². The maximum absolute atomic E-state index is 8.85. The van der Waals surface area contributed by atoms with Crippen molar-refractivity contribution < 1.29 is 4.74 Å². The number of hydrogen-bond donors (Lipinski definition) is 0. The Morgan fingerprint density at radius 1 is 1.29 bits per heavy atom. The molecule has 0 aromatic heterocycles. The Labute approximate surface area is 181 Å². The van der Waals surface area contributed by atoms with E-state index in [1.807, 2.05) is 19.6 Å². The van der Waals surface area contributed by atoms with Gasteiger partial charge < -0.3 is 9.64 Å². The number of hydrogen-bond acceptors (Lipinski definition) is 5. The Kier molecular flexibility index (Phi) is 7.81. The Bertz CT molecular complexity index is 719. The van der Waals surface area contributed by atoms with Crippen LogP contribution in [-0.4, -0.2) is 66.2 Å². The quantitative estimate of drug-likeness (QED) is 0.380. The van der Waals surface area contributed by atoms with Crippen molar-refractivity contribution in [3.05, 3.63) is 34.3 Å². The van der Waals surface area contributed by atoms with Crippen molar-refractivity contribution in [1.82, 2.24) is 9.80 Å². The highest BCUT2D eigenvalue weighted by Crippen LogP contribution is 2.37. The van der Waals surface area contributed by atoms with Crippen molar-refractivity contribution in [3.8, 4) is 6.19 Å². The molecular formula is C21H29BrN4OS. The smallest absolute Gasteiger partial charge is 0.208 e. The molecule has 2 aliphatic rings. The Balaban J connectivity index is 1.54. The molecule has 1 aromatic carbocycles. The van der Waals surface area contributed by atoms with Crippen LogP contribution in [0.25, 0.3) is 0 Å². The number of ether oxygens (including phenoxy) is 1. The van der Waals surface area contributed by atoms with Crippen molar-refractivity contribution in [1.29, 1.82) is 5.26 Å². The van der Waals surface area contributed by atoms with E-state index in [4.69, 9.17) is 10.00 Å². The third kappa shape index (κ3) is 5.10. The van der Waals surface area contributed by atoms with Gasteiger partial charge in [-0.2, -0.15) is 5.26 Å². The highest BCUT2D eigenvalue weighted by molar-refractivity contribution is 9.10. The highest BCUT2D eigenvalue weighted by Gasteiger charge is 2.38. The number of halogens is 1. The minimum absolute atomic E-state index is 0.0479. The van der Waals surface area contributed by atoms with Gasteiger partial charge in [0.2, 0.25) is 6.19 Å². The number of benzene rings is 1. The van der Waals surface area contributed by atoms with Gasteiger partial charge >= 0.3 is 0 Å². The number of piperazine rings is 1. The van der Waals surface area contributed by atoms with Gasteiger partial charge in [-0.15, -0.1) is 4.99 Å². The standard InChI is InChI=1S/C21H29BrN4OS/c1-27-21(15-17-5-3-4-6-19(17)22)9-7-18(8-10-21)25-11-13-26(14-12-25)20(28-2)24-16-23/h3-6,18H,7-15H2,1-2H3. The minimum Gasteiger partial charge on any atom is -0.378 e. The van der Waals surface area contributed by atoms with Crippen LogP contribution in [0.1, 0.15) is 31.2 Å². The number of methoxy groups -OCH3 is 1. The summed E-state index contributed by atoms with van der Waals surface area (Å²) in [6, 6.07) is 9.11. The normalized spacial score (nSPS) is 26.9. The van der Waals surface area contributed by atoms with Crippen molar-refractivity contribution in [3.63, 3.8) is 0 Å². The van der Waals surface area contributed by atoms with E-state index in [2.05, 4.69) is 55.0 Å². The SMILES string of the molecule is COC1(Cc2ccccc2Br)CCC(N2CCN(C(=NC#N)SC)CC2)CC1. The molecule has 0 bridgehead atoms. The second kappa shape index (κ2) is 10.1. The largest absolute Gasteiger partial charge is 0.378 e. The average Bonchev–Trinajstić information content (AvgIpc) is 2.74. The lowest BCUT2D eigenvalue weighted by atomic mass is 9.77. The average molecular weight is 465 g/mol. The summed E-state index contributed by atoms with van der Waals surface area (Å²) in [5, 5.41) is 9.69. The monoisotopic (exact) mass is 464 g/mol. The molecule has 0 spiro atoms. The van der Waals surface area contributed by atoms with Crippen LogP contribution in [0, 0.1) is 11.5 Å². The van der Waals surface area contributed by atoms with Crippen LogP contribution >= 0.6 is 27.7 Å². The summed E-state index contributed by atoms with van der Waals surface area (Å²) in [6.45, 7) is 3.98. The zero-order valence-corrected chi connectivity index (χ0v) is 19.1. The highest BCUT2D eigenvalue weighted by atomic mass is 79.9. The summed E-state index contributed by atoms with van der Waals surface area (Å²) < 4.78 is 7.24. The Hall–Kier alpha value is -1.07. The number of rotatable bonds is 4. The summed E-state index contributed by atoms with van der Waals surface area (Å²) in [5.41, 5.74) is 1.28. The van der Waals surface area contributed by atoms with Crippen LogP contribution in [0.3, 0.4) is 0 Å². The van der Waals surface area contributed by atoms with E-state index in [9.17, 15) is 0 Å². The molecule has 0 amide bonds. The molecule has 28 heavy (non-hydrogen) atoms. The molecule has 152 valence electrons. The molecule has 0 unspecified atom stereocenters. The van der Waals surface area contributed by atoms with E-state index in [0.29, 0.717) is 6.04 Å². The van der Waals surface area contributed by atoms with Gasteiger partial charge in [-0.1, -0.05) is 45.9 Å². The summed E-state index contributed by atoms with van der Waals surface area (Å²) >= 11 is 5.24. The first-order chi connectivity index (χ1) is 13.6. The lowest BCUT2D eigenvalue weighted by Crippen LogP contribution is -2.53.